The SMILES string of the molecule is CC(C)(N)CCC(=O)NCCOCCO. The summed E-state index contributed by atoms with van der Waals surface area (Å²) >= 11 is 0. The molecule has 0 aliphatic carbocycles. The number of aliphatic hydroxyl groups excluding tert-OH is 1. The maximum absolute atomic E-state index is 11.3. The number of aliphatic hydroxyl groups is 1. The maximum Gasteiger partial charge on any atom is 0.220 e. The summed E-state index contributed by atoms with van der Waals surface area (Å²) in [4.78, 5) is 11.3. The summed E-state index contributed by atoms with van der Waals surface area (Å²) in [5, 5.41) is 11.1. The van der Waals surface area contributed by atoms with Crippen LogP contribution in [-0.2, 0) is 9.53 Å². The van der Waals surface area contributed by atoms with Crippen LogP contribution >= 0.6 is 0 Å². The fourth-order valence-electron chi connectivity index (χ4n) is 0.953. The molecule has 0 saturated carbocycles. The first-order valence-electron chi connectivity index (χ1n) is 5.20. The highest BCUT2D eigenvalue weighted by molar-refractivity contribution is 5.75. The van der Waals surface area contributed by atoms with Gasteiger partial charge in [-0.05, 0) is 20.3 Å². The monoisotopic (exact) mass is 218 g/mol. The topological polar surface area (TPSA) is 84.6 Å². The van der Waals surface area contributed by atoms with Crippen LogP contribution in [0.3, 0.4) is 0 Å². The van der Waals surface area contributed by atoms with Gasteiger partial charge in [-0.3, -0.25) is 4.79 Å². The first-order valence-corrected chi connectivity index (χ1v) is 5.20. The first-order chi connectivity index (χ1) is 6.95. The van der Waals surface area contributed by atoms with Gasteiger partial charge in [-0.15, -0.1) is 0 Å². The van der Waals surface area contributed by atoms with Crippen LogP contribution in [0.25, 0.3) is 0 Å². The molecule has 5 nitrogen and oxygen atoms in total. The highest BCUT2D eigenvalue weighted by Crippen LogP contribution is 2.06. The summed E-state index contributed by atoms with van der Waals surface area (Å²) in [6, 6.07) is 0. The van der Waals surface area contributed by atoms with Gasteiger partial charge in [0, 0.05) is 18.5 Å². The lowest BCUT2D eigenvalue weighted by Gasteiger charge is -2.17. The molecule has 0 aliphatic heterocycles. The van der Waals surface area contributed by atoms with Crippen molar-refractivity contribution < 1.29 is 14.6 Å². The van der Waals surface area contributed by atoms with Gasteiger partial charge in [0.05, 0.1) is 19.8 Å². The molecular weight excluding hydrogens is 196 g/mol. The van der Waals surface area contributed by atoms with Gasteiger partial charge in [-0.2, -0.15) is 0 Å². The van der Waals surface area contributed by atoms with Crippen molar-refractivity contribution in [3.05, 3.63) is 0 Å². The Morgan fingerprint density at radius 3 is 2.67 bits per heavy atom. The van der Waals surface area contributed by atoms with Gasteiger partial charge in [0.2, 0.25) is 5.91 Å². The number of carbonyl (C=O) groups excluding carboxylic acids is 1. The number of nitrogens with two attached hydrogens (primary N) is 1. The quantitative estimate of drug-likeness (QED) is 0.485. The van der Waals surface area contributed by atoms with Gasteiger partial charge in [-0.25, -0.2) is 0 Å². The summed E-state index contributed by atoms with van der Waals surface area (Å²) in [6.45, 7) is 5.01. The standard InChI is InChI=1S/C10H22N2O3/c1-10(2,11)4-3-9(14)12-5-7-15-8-6-13/h13H,3-8,11H2,1-2H3,(H,12,14). The van der Waals surface area contributed by atoms with E-state index in [-0.39, 0.29) is 18.1 Å². The molecule has 15 heavy (non-hydrogen) atoms. The third-order valence-corrected chi connectivity index (χ3v) is 1.80. The largest absolute Gasteiger partial charge is 0.394 e. The lowest BCUT2D eigenvalue weighted by Crippen LogP contribution is -2.35. The van der Waals surface area contributed by atoms with Crippen LogP contribution in [0.5, 0.6) is 0 Å². The molecule has 0 aliphatic rings. The van der Waals surface area contributed by atoms with Crippen molar-refractivity contribution in [2.24, 2.45) is 5.73 Å². The van der Waals surface area contributed by atoms with Gasteiger partial charge < -0.3 is 20.9 Å². The third kappa shape index (κ3) is 11.3. The van der Waals surface area contributed by atoms with Crippen LogP contribution in [0.1, 0.15) is 26.7 Å². The van der Waals surface area contributed by atoms with Gasteiger partial charge >= 0.3 is 0 Å². The Bertz CT molecular complexity index is 178. The highest BCUT2D eigenvalue weighted by atomic mass is 16.5. The predicted octanol–water partition coefficient (Wildman–Crippen LogP) is -0.371. The number of amides is 1. The van der Waals surface area contributed by atoms with E-state index < -0.39 is 0 Å². The Morgan fingerprint density at radius 1 is 1.47 bits per heavy atom. The summed E-state index contributed by atoms with van der Waals surface area (Å²) < 4.78 is 4.99. The molecule has 0 rings (SSSR count). The van der Waals surface area contributed by atoms with Crippen molar-refractivity contribution in [3.63, 3.8) is 0 Å². The Hall–Kier alpha value is -0.650. The Balaban J connectivity index is 3.34. The molecule has 0 unspecified atom stereocenters. The molecule has 5 heteroatoms. The van der Waals surface area contributed by atoms with Crippen LogP contribution in [0.15, 0.2) is 0 Å². The maximum atomic E-state index is 11.3. The minimum atomic E-state index is -0.301. The minimum Gasteiger partial charge on any atom is -0.394 e. The Kier molecular flexibility index (Phi) is 7.29. The molecule has 0 aromatic rings. The molecule has 0 aromatic heterocycles. The van der Waals surface area contributed by atoms with E-state index in [2.05, 4.69) is 5.32 Å². The molecule has 0 saturated heterocycles. The molecule has 90 valence electrons. The van der Waals surface area contributed by atoms with Crippen molar-refractivity contribution in [1.29, 1.82) is 0 Å². The second-order valence-electron chi connectivity index (χ2n) is 4.17. The van der Waals surface area contributed by atoms with Crippen molar-refractivity contribution in [3.8, 4) is 0 Å². The second kappa shape index (κ2) is 7.62. The summed E-state index contributed by atoms with van der Waals surface area (Å²) in [6.07, 6.45) is 1.10. The molecule has 0 atom stereocenters. The van der Waals surface area contributed by atoms with E-state index >= 15 is 0 Å². The van der Waals surface area contributed by atoms with Gasteiger partial charge in [0.15, 0.2) is 0 Å². The summed E-state index contributed by atoms with van der Waals surface area (Å²) in [7, 11) is 0. The smallest absolute Gasteiger partial charge is 0.220 e. The predicted molar refractivity (Wildman–Crippen MR) is 58.4 cm³/mol. The second-order valence-corrected chi connectivity index (χ2v) is 4.17. The van der Waals surface area contributed by atoms with Gasteiger partial charge in [0.25, 0.3) is 0 Å². The Labute approximate surface area is 91.0 Å². The lowest BCUT2D eigenvalue weighted by molar-refractivity contribution is -0.121. The van der Waals surface area contributed by atoms with E-state index in [1.54, 1.807) is 0 Å². The number of carbonyl (C=O) groups is 1. The van der Waals surface area contributed by atoms with Crippen molar-refractivity contribution >= 4 is 5.91 Å². The molecule has 0 radical (unpaired) electrons. The van der Waals surface area contributed by atoms with Gasteiger partial charge in [0.1, 0.15) is 0 Å². The summed E-state index contributed by atoms with van der Waals surface area (Å²) in [5.41, 5.74) is 5.44. The van der Waals surface area contributed by atoms with E-state index in [1.807, 2.05) is 13.8 Å². The zero-order valence-corrected chi connectivity index (χ0v) is 9.58. The van der Waals surface area contributed by atoms with Crippen molar-refractivity contribution in [2.75, 3.05) is 26.4 Å². The summed E-state index contributed by atoms with van der Waals surface area (Å²) in [5.74, 6) is -0.0128. The number of nitrogens with one attached hydrogen (secondary N) is 1. The van der Waals surface area contributed by atoms with E-state index in [9.17, 15) is 4.79 Å². The van der Waals surface area contributed by atoms with Crippen molar-refractivity contribution in [2.45, 2.75) is 32.2 Å². The van der Waals surface area contributed by atoms with Crippen LogP contribution in [0.4, 0.5) is 0 Å². The van der Waals surface area contributed by atoms with Crippen LogP contribution in [0.2, 0.25) is 0 Å². The molecule has 0 bridgehead atoms. The number of ether oxygens (including phenoxy) is 1. The molecule has 0 aromatic carbocycles. The lowest BCUT2D eigenvalue weighted by atomic mass is 10.00. The molecule has 0 heterocycles. The van der Waals surface area contributed by atoms with E-state index in [0.717, 1.165) is 0 Å². The van der Waals surface area contributed by atoms with E-state index in [4.69, 9.17) is 15.6 Å². The molecule has 4 N–H and O–H groups in total. The number of hydrogen-bond donors (Lipinski definition) is 3. The highest BCUT2D eigenvalue weighted by Gasteiger charge is 2.12. The van der Waals surface area contributed by atoms with Crippen LogP contribution in [0, 0.1) is 0 Å². The van der Waals surface area contributed by atoms with E-state index in [1.165, 1.54) is 0 Å². The van der Waals surface area contributed by atoms with Crippen molar-refractivity contribution in [1.82, 2.24) is 5.32 Å². The normalized spacial score (nSPS) is 11.5. The number of hydrogen-bond acceptors (Lipinski definition) is 4. The first kappa shape index (κ1) is 14.3. The average Bonchev–Trinajstić information content (AvgIpc) is 2.13. The number of rotatable bonds is 8. The zero-order chi connectivity index (χ0) is 11.7. The van der Waals surface area contributed by atoms with Gasteiger partial charge in [-0.1, -0.05) is 0 Å². The third-order valence-electron chi connectivity index (χ3n) is 1.80. The van der Waals surface area contributed by atoms with Crippen LogP contribution in [-0.4, -0.2) is 42.9 Å². The molecule has 0 spiro atoms. The van der Waals surface area contributed by atoms with E-state index in [0.29, 0.717) is 32.6 Å². The minimum absolute atomic E-state index is 0.00924. The zero-order valence-electron chi connectivity index (χ0n) is 9.58. The molecular formula is C10H22N2O3. The molecule has 0 fully saturated rings. The average molecular weight is 218 g/mol. The van der Waals surface area contributed by atoms with Crippen LogP contribution < -0.4 is 11.1 Å². The fraction of sp³-hybridized carbons (Fsp3) is 0.900. The fourth-order valence-corrected chi connectivity index (χ4v) is 0.953. The molecule has 1 amide bonds. The Morgan fingerprint density at radius 2 is 2.13 bits per heavy atom.